The Labute approximate surface area is 324 Å². The van der Waals surface area contributed by atoms with Gasteiger partial charge in [-0.3, -0.25) is 28.6 Å². The van der Waals surface area contributed by atoms with Crippen molar-refractivity contribution in [1.29, 1.82) is 0 Å². The average Bonchev–Trinajstić information content (AvgIpc) is 2.92. The van der Waals surface area contributed by atoms with E-state index in [1.165, 1.54) is 12.5 Å². The Hall–Kier alpha value is -1.68. The molecule has 312 valence electrons. The number of rotatable bonds is 18. The van der Waals surface area contributed by atoms with E-state index in [1.807, 2.05) is 41.5 Å². The van der Waals surface area contributed by atoms with E-state index in [9.17, 15) is 27.6 Å². The minimum atomic E-state index is -2.46. The number of nitrogens with one attached hydrogen (secondary N) is 2. The van der Waals surface area contributed by atoms with Gasteiger partial charge < -0.3 is 0 Å². The first-order chi connectivity index (χ1) is 23.1. The van der Waals surface area contributed by atoms with Gasteiger partial charge >= 0.3 is 0 Å². The van der Waals surface area contributed by atoms with Gasteiger partial charge in [-0.15, -0.1) is 0 Å². The third-order valence-corrected chi connectivity index (χ3v) is 10.8. The molecule has 0 aromatic heterocycles. The molecule has 10 heteroatoms. The topological polar surface area (TPSA) is 126 Å². The zero-order chi connectivity index (χ0) is 42.7. The van der Waals surface area contributed by atoms with Crippen molar-refractivity contribution < 1.29 is 27.6 Å². The molecular formula is C42H86N2O6S2. The molecule has 0 aliphatic carbocycles. The highest BCUT2D eigenvalue weighted by Crippen LogP contribution is 2.35. The van der Waals surface area contributed by atoms with E-state index in [-0.39, 0.29) is 22.6 Å². The van der Waals surface area contributed by atoms with Gasteiger partial charge in [0.2, 0.25) is 11.8 Å². The number of hydrogen-bond donors (Lipinski definition) is 2. The molecule has 0 fully saturated rings. The first-order valence-electron chi connectivity index (χ1n) is 19.4. The largest absolute Gasteiger partial charge is 0.299 e. The van der Waals surface area contributed by atoms with Crippen LogP contribution in [0.25, 0.3) is 0 Å². The van der Waals surface area contributed by atoms with Gasteiger partial charge in [0.25, 0.3) is 0 Å². The van der Waals surface area contributed by atoms with E-state index < -0.39 is 30.2 Å². The van der Waals surface area contributed by atoms with E-state index >= 15 is 0 Å². The fraction of sp³-hybridized carbons (Fsp3) is 0.857. The monoisotopic (exact) mass is 779 g/mol. The molecule has 0 aromatic rings. The minimum Gasteiger partial charge on any atom is -0.299 e. The van der Waals surface area contributed by atoms with Crippen molar-refractivity contribution in [2.24, 2.45) is 45.3 Å². The number of Topliss-reactive ketones (excluding diaryl/α,β-unsaturated/α-hetero) is 2. The molecule has 0 bridgehead atoms. The predicted octanol–water partition coefficient (Wildman–Crippen LogP) is 9.73. The molecule has 0 saturated heterocycles. The summed E-state index contributed by atoms with van der Waals surface area (Å²) in [6.45, 7) is 36.3. The van der Waals surface area contributed by atoms with Gasteiger partial charge in [0.1, 0.15) is 11.6 Å². The second-order valence-corrected chi connectivity index (χ2v) is 22.5. The summed E-state index contributed by atoms with van der Waals surface area (Å²) in [6, 6.07) is 0. The molecule has 2 atom stereocenters. The maximum Gasteiger partial charge on any atom is 0.237 e. The van der Waals surface area contributed by atoms with E-state index in [1.54, 1.807) is 13.8 Å². The quantitative estimate of drug-likeness (QED) is 0.134. The number of carbonyl (C=O) groups excluding carboxylic acids is 4. The van der Waals surface area contributed by atoms with Crippen LogP contribution in [0.2, 0.25) is 0 Å². The fourth-order valence-electron chi connectivity index (χ4n) is 6.61. The standard InChI is InChI=1S/C12H25NO2S.C11H22O.C10H21NO2S.C9H18O/c1-7-12(8-2,9-10(3)4)11(14)13-16(5,6)15;1-6-11(7-2,10(5)12)8-9(3)4;1-8(2)7-10(3,4)9(12)11-14(5,6)13;1-7(2)6-9(4,5)8(3)10/h10H,5,7-9H2,1-4,6H3,(H,13,14,15);9H,6-8H2,1-5H3;8H,5,7H2,1-4,6H3,(H,11,12,13);7H,6H2,1-5H3. The van der Waals surface area contributed by atoms with Gasteiger partial charge in [-0.25, -0.2) is 8.42 Å². The highest BCUT2D eigenvalue weighted by molar-refractivity contribution is 7.98. The van der Waals surface area contributed by atoms with Crippen LogP contribution >= 0.6 is 0 Å². The smallest absolute Gasteiger partial charge is 0.237 e. The lowest BCUT2D eigenvalue weighted by atomic mass is 9.73. The van der Waals surface area contributed by atoms with Crippen molar-refractivity contribution >= 4 is 54.5 Å². The lowest BCUT2D eigenvalue weighted by molar-refractivity contribution is -0.130. The van der Waals surface area contributed by atoms with Gasteiger partial charge in [-0.1, -0.05) is 111 Å². The van der Waals surface area contributed by atoms with E-state index in [2.05, 4.69) is 90.4 Å². The van der Waals surface area contributed by atoms with Gasteiger partial charge in [0.15, 0.2) is 0 Å². The van der Waals surface area contributed by atoms with Crippen LogP contribution in [0.1, 0.15) is 176 Å². The molecule has 0 aromatic carbocycles. The third kappa shape index (κ3) is 26.2. The zero-order valence-electron chi connectivity index (χ0n) is 37.6. The first-order valence-corrected chi connectivity index (χ1v) is 23.6. The second kappa shape index (κ2) is 24.7. The van der Waals surface area contributed by atoms with Crippen molar-refractivity contribution in [3.8, 4) is 0 Å². The van der Waals surface area contributed by atoms with Crippen LogP contribution in [0.15, 0.2) is 0 Å². The van der Waals surface area contributed by atoms with Crippen molar-refractivity contribution in [1.82, 2.24) is 9.44 Å². The van der Waals surface area contributed by atoms with Crippen LogP contribution in [0.5, 0.6) is 0 Å². The van der Waals surface area contributed by atoms with Crippen molar-refractivity contribution in [3.63, 3.8) is 0 Å². The molecule has 2 unspecified atom stereocenters. The lowest BCUT2D eigenvalue weighted by Crippen LogP contribution is -2.43. The third-order valence-electron chi connectivity index (χ3n) is 9.56. The minimum absolute atomic E-state index is 0.0336. The van der Waals surface area contributed by atoms with Gasteiger partial charge in [-0.2, -0.15) is 0 Å². The highest BCUT2D eigenvalue weighted by Gasteiger charge is 2.36. The number of hydrogen-bond acceptors (Lipinski definition) is 6. The summed E-state index contributed by atoms with van der Waals surface area (Å²) >= 11 is 0. The SMILES string of the molecule is C=S(C)(=O)NC(=O)C(C)(C)CC(C)C.C=S(C)(=O)NC(=O)C(CC)(CC)CC(C)C.CC(=O)C(C)(C)CC(C)C.CCC(CC)(CC(C)C)C(C)=O. The van der Waals surface area contributed by atoms with Crippen LogP contribution in [-0.4, -0.2) is 56.1 Å². The summed E-state index contributed by atoms with van der Waals surface area (Å²) in [5, 5.41) is 0. The Kier molecular flexibility index (Phi) is 27.1. The summed E-state index contributed by atoms with van der Waals surface area (Å²) in [7, 11) is -4.90. The Morgan fingerprint density at radius 2 is 0.769 bits per heavy atom. The summed E-state index contributed by atoms with van der Waals surface area (Å²) < 4.78 is 27.8. The van der Waals surface area contributed by atoms with Crippen LogP contribution in [-0.2, 0) is 38.6 Å². The Balaban J connectivity index is -0.000000300. The molecule has 0 rings (SSSR count). The molecule has 0 saturated carbocycles. The molecule has 8 nitrogen and oxygen atoms in total. The molecule has 2 N–H and O–H groups in total. The van der Waals surface area contributed by atoms with Gasteiger partial charge in [-0.05, 0) is 101 Å². The number of carbonyl (C=O) groups is 4. The van der Waals surface area contributed by atoms with Crippen LogP contribution in [0.3, 0.4) is 0 Å². The van der Waals surface area contributed by atoms with E-state index in [4.69, 9.17) is 0 Å². The van der Waals surface area contributed by atoms with Gasteiger partial charge in [0.05, 0.1) is 0 Å². The molecule has 2 amide bonds. The summed E-state index contributed by atoms with van der Waals surface area (Å²) in [5.74, 6) is 9.33. The lowest BCUT2D eigenvalue weighted by Gasteiger charge is -2.32. The average molecular weight is 779 g/mol. The molecule has 0 aliphatic rings. The zero-order valence-corrected chi connectivity index (χ0v) is 39.3. The summed E-state index contributed by atoms with van der Waals surface area (Å²) in [4.78, 5) is 46.3. The summed E-state index contributed by atoms with van der Waals surface area (Å²) in [5.41, 5.74) is -1.03. The Bertz CT molecular complexity index is 1280. The van der Waals surface area contributed by atoms with Crippen LogP contribution in [0, 0.1) is 45.3 Å². The van der Waals surface area contributed by atoms with Crippen molar-refractivity contribution in [2.75, 3.05) is 12.5 Å². The second-order valence-electron chi connectivity index (χ2n) is 18.1. The Morgan fingerprint density at radius 1 is 0.500 bits per heavy atom. The Morgan fingerprint density at radius 3 is 0.962 bits per heavy atom. The van der Waals surface area contributed by atoms with Crippen LogP contribution < -0.4 is 9.44 Å². The maximum absolute atomic E-state index is 12.1. The highest BCUT2D eigenvalue weighted by atomic mass is 32.2. The molecule has 0 aliphatic heterocycles. The van der Waals surface area contributed by atoms with E-state index in [0.29, 0.717) is 35.2 Å². The predicted molar refractivity (Wildman–Crippen MR) is 231 cm³/mol. The number of ketones is 2. The molecule has 0 radical (unpaired) electrons. The molecule has 52 heavy (non-hydrogen) atoms. The first kappa shape index (κ1) is 57.0. The van der Waals surface area contributed by atoms with Gasteiger partial charge in [0, 0.05) is 53.6 Å². The molecular weight excluding hydrogens is 693 g/mol. The van der Waals surface area contributed by atoms with Crippen molar-refractivity contribution in [3.05, 3.63) is 0 Å². The van der Waals surface area contributed by atoms with E-state index in [0.717, 1.165) is 51.4 Å². The fourth-order valence-corrected chi connectivity index (χ4v) is 7.89. The van der Waals surface area contributed by atoms with Crippen LogP contribution in [0.4, 0.5) is 0 Å². The van der Waals surface area contributed by atoms with Crippen molar-refractivity contribution in [2.45, 2.75) is 176 Å². The normalized spacial score (nSPS) is 14.5. The number of amides is 2. The summed E-state index contributed by atoms with van der Waals surface area (Å²) in [6.07, 6.45) is 10.0. The molecule has 0 heterocycles. The maximum atomic E-state index is 12.1. The molecule has 0 spiro atoms.